The van der Waals surface area contributed by atoms with Crippen molar-refractivity contribution in [3.8, 4) is 0 Å². The number of aromatic carboxylic acids is 1. The fourth-order valence-electron chi connectivity index (χ4n) is 2.47. The first kappa shape index (κ1) is 14.9. The van der Waals surface area contributed by atoms with Gasteiger partial charge in [-0.15, -0.1) is 5.10 Å². The molecule has 20 heavy (non-hydrogen) atoms. The lowest BCUT2D eigenvalue weighted by atomic mass is 10.2. The van der Waals surface area contributed by atoms with Gasteiger partial charge in [0.25, 0.3) is 0 Å². The molecule has 1 aromatic heterocycles. The molecule has 2 heterocycles. The van der Waals surface area contributed by atoms with Crippen molar-refractivity contribution in [2.24, 2.45) is 0 Å². The van der Waals surface area contributed by atoms with Crippen molar-refractivity contribution in [2.45, 2.75) is 26.3 Å². The standard InChI is InChI=1S/C13H23N5O2/c1-3-4-11-12(13(19)20)14-15-18(11)10-9-17-7-5-16(2)6-8-17/h3-10H2,1-2H3,(H,19,20). The van der Waals surface area contributed by atoms with Crippen LogP contribution >= 0.6 is 0 Å². The van der Waals surface area contributed by atoms with E-state index in [1.54, 1.807) is 4.68 Å². The lowest BCUT2D eigenvalue weighted by Crippen LogP contribution is -2.45. The van der Waals surface area contributed by atoms with Crippen LogP contribution in [-0.4, -0.2) is 75.6 Å². The molecule has 0 aliphatic carbocycles. The highest BCUT2D eigenvalue weighted by molar-refractivity contribution is 5.86. The summed E-state index contributed by atoms with van der Waals surface area (Å²) < 4.78 is 1.76. The molecule has 1 saturated heterocycles. The molecule has 0 amide bonds. The number of aromatic nitrogens is 3. The molecule has 1 N–H and O–H groups in total. The minimum atomic E-state index is -0.987. The van der Waals surface area contributed by atoms with E-state index in [1.807, 2.05) is 6.92 Å². The van der Waals surface area contributed by atoms with Crippen LogP contribution in [0.25, 0.3) is 0 Å². The molecule has 7 heteroatoms. The summed E-state index contributed by atoms with van der Waals surface area (Å²) in [5, 5.41) is 16.9. The molecule has 0 atom stereocenters. The normalized spacial score (nSPS) is 17.5. The zero-order chi connectivity index (χ0) is 14.5. The number of carboxylic acids is 1. The summed E-state index contributed by atoms with van der Waals surface area (Å²) >= 11 is 0. The van der Waals surface area contributed by atoms with Crippen molar-refractivity contribution in [1.82, 2.24) is 24.8 Å². The first-order valence-electron chi connectivity index (χ1n) is 7.18. The molecule has 0 spiro atoms. The van der Waals surface area contributed by atoms with Crippen molar-refractivity contribution in [3.05, 3.63) is 11.4 Å². The van der Waals surface area contributed by atoms with E-state index in [4.69, 9.17) is 5.11 Å². The minimum Gasteiger partial charge on any atom is -0.476 e. The fourth-order valence-corrected chi connectivity index (χ4v) is 2.47. The number of hydrogen-bond donors (Lipinski definition) is 1. The second-order valence-electron chi connectivity index (χ2n) is 5.31. The second kappa shape index (κ2) is 6.81. The third-order valence-electron chi connectivity index (χ3n) is 3.75. The van der Waals surface area contributed by atoms with Gasteiger partial charge in [-0.05, 0) is 13.5 Å². The largest absolute Gasteiger partial charge is 0.476 e. The Morgan fingerprint density at radius 2 is 1.95 bits per heavy atom. The molecule has 0 aromatic carbocycles. The van der Waals surface area contributed by atoms with Crippen molar-refractivity contribution >= 4 is 5.97 Å². The van der Waals surface area contributed by atoms with E-state index < -0.39 is 5.97 Å². The Morgan fingerprint density at radius 1 is 1.25 bits per heavy atom. The van der Waals surface area contributed by atoms with Gasteiger partial charge in [-0.25, -0.2) is 9.48 Å². The topological polar surface area (TPSA) is 74.5 Å². The van der Waals surface area contributed by atoms with Crippen LogP contribution in [0.4, 0.5) is 0 Å². The Balaban J connectivity index is 1.96. The zero-order valence-electron chi connectivity index (χ0n) is 12.2. The highest BCUT2D eigenvalue weighted by Gasteiger charge is 2.19. The summed E-state index contributed by atoms with van der Waals surface area (Å²) in [6, 6.07) is 0. The summed E-state index contributed by atoms with van der Waals surface area (Å²) in [5.41, 5.74) is 0.847. The van der Waals surface area contributed by atoms with Gasteiger partial charge in [0.05, 0.1) is 12.2 Å². The molecule has 7 nitrogen and oxygen atoms in total. The van der Waals surface area contributed by atoms with E-state index >= 15 is 0 Å². The zero-order valence-corrected chi connectivity index (χ0v) is 12.2. The number of nitrogens with zero attached hydrogens (tertiary/aromatic N) is 5. The monoisotopic (exact) mass is 281 g/mol. The molecule has 112 valence electrons. The second-order valence-corrected chi connectivity index (χ2v) is 5.31. The van der Waals surface area contributed by atoms with E-state index in [0.717, 1.165) is 44.8 Å². The number of hydrogen-bond acceptors (Lipinski definition) is 5. The summed E-state index contributed by atoms with van der Waals surface area (Å²) in [7, 11) is 2.13. The van der Waals surface area contributed by atoms with E-state index in [2.05, 4.69) is 27.2 Å². The Labute approximate surface area is 119 Å². The molecule has 1 fully saturated rings. The van der Waals surface area contributed by atoms with E-state index in [0.29, 0.717) is 13.0 Å². The number of likely N-dealkylation sites (N-methyl/N-ethyl adjacent to an activating group) is 1. The SMILES string of the molecule is CCCc1c(C(=O)O)nnn1CCN1CCN(C)CC1. The van der Waals surface area contributed by atoms with Gasteiger partial charge < -0.3 is 10.0 Å². The molecule has 1 aliphatic rings. The molecule has 0 unspecified atom stereocenters. The van der Waals surface area contributed by atoms with Crippen LogP contribution in [0.15, 0.2) is 0 Å². The number of rotatable bonds is 6. The number of piperazine rings is 1. The fraction of sp³-hybridized carbons (Fsp3) is 0.769. The maximum Gasteiger partial charge on any atom is 0.358 e. The summed E-state index contributed by atoms with van der Waals surface area (Å²) in [6.45, 7) is 7.91. The first-order valence-corrected chi connectivity index (χ1v) is 7.18. The summed E-state index contributed by atoms with van der Waals surface area (Å²) in [5.74, 6) is -0.987. The van der Waals surface area contributed by atoms with Crippen LogP contribution in [0.2, 0.25) is 0 Å². The quantitative estimate of drug-likeness (QED) is 0.801. The van der Waals surface area contributed by atoms with E-state index in [1.165, 1.54) is 0 Å². The van der Waals surface area contributed by atoms with Crippen LogP contribution in [0.3, 0.4) is 0 Å². The van der Waals surface area contributed by atoms with Gasteiger partial charge in [-0.3, -0.25) is 4.90 Å². The smallest absolute Gasteiger partial charge is 0.358 e. The van der Waals surface area contributed by atoms with Gasteiger partial charge in [0.2, 0.25) is 0 Å². The Kier molecular flexibility index (Phi) is 5.08. The molecular weight excluding hydrogens is 258 g/mol. The van der Waals surface area contributed by atoms with Crippen molar-refractivity contribution in [2.75, 3.05) is 39.8 Å². The molecular formula is C13H23N5O2. The van der Waals surface area contributed by atoms with Gasteiger partial charge >= 0.3 is 5.97 Å². The van der Waals surface area contributed by atoms with E-state index in [-0.39, 0.29) is 5.69 Å². The van der Waals surface area contributed by atoms with Crippen molar-refractivity contribution in [3.63, 3.8) is 0 Å². The average Bonchev–Trinajstić information content (AvgIpc) is 2.82. The van der Waals surface area contributed by atoms with Crippen LogP contribution in [0.5, 0.6) is 0 Å². The highest BCUT2D eigenvalue weighted by Crippen LogP contribution is 2.09. The first-order chi connectivity index (χ1) is 9.61. The number of carboxylic acid groups (broad SMARTS) is 1. The third-order valence-corrected chi connectivity index (χ3v) is 3.75. The van der Waals surface area contributed by atoms with Gasteiger partial charge in [-0.2, -0.15) is 0 Å². The molecule has 2 rings (SSSR count). The highest BCUT2D eigenvalue weighted by atomic mass is 16.4. The molecule has 0 radical (unpaired) electrons. The number of carbonyl (C=O) groups is 1. The Hall–Kier alpha value is -1.47. The summed E-state index contributed by atoms with van der Waals surface area (Å²) in [4.78, 5) is 15.8. The Morgan fingerprint density at radius 3 is 2.55 bits per heavy atom. The molecule has 1 aliphatic heterocycles. The average molecular weight is 281 g/mol. The molecule has 0 bridgehead atoms. The lowest BCUT2D eigenvalue weighted by Gasteiger charge is -2.32. The maximum atomic E-state index is 11.1. The summed E-state index contributed by atoms with van der Waals surface area (Å²) in [6.07, 6.45) is 1.60. The van der Waals surface area contributed by atoms with Crippen LogP contribution in [0, 0.1) is 0 Å². The molecule has 0 saturated carbocycles. The minimum absolute atomic E-state index is 0.102. The van der Waals surface area contributed by atoms with E-state index in [9.17, 15) is 4.79 Å². The van der Waals surface area contributed by atoms with Gasteiger partial charge in [-0.1, -0.05) is 18.6 Å². The van der Waals surface area contributed by atoms with Crippen molar-refractivity contribution < 1.29 is 9.90 Å². The van der Waals surface area contributed by atoms with Gasteiger partial charge in [0, 0.05) is 32.7 Å². The Bertz CT molecular complexity index is 452. The lowest BCUT2D eigenvalue weighted by molar-refractivity contribution is 0.0689. The predicted molar refractivity (Wildman–Crippen MR) is 74.9 cm³/mol. The van der Waals surface area contributed by atoms with Crippen LogP contribution in [-0.2, 0) is 13.0 Å². The maximum absolute atomic E-state index is 11.1. The van der Waals surface area contributed by atoms with Crippen LogP contribution in [0.1, 0.15) is 29.5 Å². The predicted octanol–water partition coefficient (Wildman–Crippen LogP) is 0.176. The van der Waals surface area contributed by atoms with Crippen molar-refractivity contribution in [1.29, 1.82) is 0 Å². The third kappa shape index (κ3) is 3.55. The van der Waals surface area contributed by atoms with Gasteiger partial charge in [0.15, 0.2) is 5.69 Å². The van der Waals surface area contributed by atoms with Gasteiger partial charge in [0.1, 0.15) is 0 Å². The molecule has 1 aromatic rings. The van der Waals surface area contributed by atoms with Crippen LogP contribution < -0.4 is 0 Å².